The average molecular weight is 531 g/mol. The van der Waals surface area contributed by atoms with Gasteiger partial charge in [0.2, 0.25) is 0 Å². The van der Waals surface area contributed by atoms with E-state index in [9.17, 15) is 13.2 Å². The van der Waals surface area contributed by atoms with Crippen LogP contribution in [0.5, 0.6) is 0 Å². The fourth-order valence-corrected chi connectivity index (χ4v) is 6.32. The molecule has 4 aromatic rings. The highest BCUT2D eigenvalue weighted by molar-refractivity contribution is 7.90. The summed E-state index contributed by atoms with van der Waals surface area (Å²) < 4.78 is 28.5. The molecule has 1 aliphatic rings. The number of hydrogen-bond acceptors (Lipinski definition) is 6. The summed E-state index contributed by atoms with van der Waals surface area (Å²) in [6.45, 7) is 7.20. The number of nitrogens with two attached hydrogens (primary N) is 1. The molecule has 198 valence electrons. The zero-order valence-corrected chi connectivity index (χ0v) is 22.4. The Kier molecular flexibility index (Phi) is 6.77. The molecule has 0 spiro atoms. The van der Waals surface area contributed by atoms with E-state index in [1.165, 1.54) is 23.8 Å². The van der Waals surface area contributed by atoms with Crippen molar-refractivity contribution in [2.45, 2.75) is 44.9 Å². The Hall–Kier alpha value is -4.01. The van der Waals surface area contributed by atoms with Gasteiger partial charge in [-0.05, 0) is 71.8 Å². The average Bonchev–Trinajstić information content (AvgIpc) is 3.25. The van der Waals surface area contributed by atoms with Crippen molar-refractivity contribution < 1.29 is 16.1 Å². The van der Waals surface area contributed by atoms with Crippen molar-refractivity contribution in [3.63, 3.8) is 0 Å². The fraction of sp³-hybridized carbons (Fsp3) is 0.200. The molecule has 38 heavy (non-hydrogen) atoms. The molecule has 0 saturated heterocycles. The predicted molar refractivity (Wildman–Crippen MR) is 153 cm³/mol. The maximum atomic E-state index is 13.8. The van der Waals surface area contributed by atoms with Gasteiger partial charge in [-0.15, -0.1) is 0 Å². The quantitative estimate of drug-likeness (QED) is 0.350. The van der Waals surface area contributed by atoms with Gasteiger partial charge in [0, 0.05) is 15.9 Å². The van der Waals surface area contributed by atoms with E-state index in [0.29, 0.717) is 13.1 Å². The maximum Gasteiger partial charge on any atom is 0.281 e. The van der Waals surface area contributed by atoms with E-state index in [4.69, 9.17) is 5.73 Å². The van der Waals surface area contributed by atoms with Gasteiger partial charge in [0.15, 0.2) is 5.03 Å². The topological polar surface area (TPSA) is 105 Å². The highest BCUT2D eigenvalue weighted by Crippen LogP contribution is 2.41. The smallest absolute Gasteiger partial charge is 0.281 e. The van der Waals surface area contributed by atoms with Gasteiger partial charge in [0.25, 0.3) is 15.9 Å². The van der Waals surface area contributed by atoms with Crippen molar-refractivity contribution in [1.82, 2.24) is 14.6 Å². The minimum absolute atomic E-state index is 0. The monoisotopic (exact) mass is 530 g/mol. The Balaban J connectivity index is 0.00000220. The summed E-state index contributed by atoms with van der Waals surface area (Å²) in [5.74, 6) is -0.563. The van der Waals surface area contributed by atoms with E-state index in [1.807, 2.05) is 53.4 Å². The Labute approximate surface area is 226 Å². The van der Waals surface area contributed by atoms with E-state index in [0.717, 1.165) is 38.9 Å². The number of rotatable bonds is 6. The molecule has 2 heterocycles. The minimum atomic E-state index is -4.22. The first kappa shape index (κ1) is 25.6. The van der Waals surface area contributed by atoms with Crippen LogP contribution in [-0.2, 0) is 27.9 Å². The lowest BCUT2D eigenvalue weighted by Gasteiger charge is -2.26. The zero-order valence-electron chi connectivity index (χ0n) is 21.6. The standard InChI is InChI=1S/C30H30N4O3S.2H2/c1-19-15-20(2)25(21(3)16-19)17-34-18-26-23(22-9-5-4-6-10-22)11-7-12-24(26)29(34)30(35)33-38(36,37)28-14-8-13-27(31)32-28;;/h4-16,29H,17-18H2,1-3H3,(H2,31,32)(H,33,35);2*1H. The molecule has 0 radical (unpaired) electrons. The third-order valence-corrected chi connectivity index (χ3v) is 8.27. The van der Waals surface area contributed by atoms with Crippen LogP contribution >= 0.6 is 0 Å². The molecular formula is C30H34N4O3S. The third kappa shape index (κ3) is 4.92. The molecule has 3 aromatic carbocycles. The Morgan fingerprint density at radius 1 is 1.00 bits per heavy atom. The van der Waals surface area contributed by atoms with Gasteiger partial charge in [-0.1, -0.05) is 72.3 Å². The Morgan fingerprint density at radius 2 is 1.68 bits per heavy atom. The first-order valence-electron chi connectivity index (χ1n) is 12.4. The number of fused-ring (bicyclic) bond motifs is 1. The number of pyridine rings is 1. The lowest BCUT2D eigenvalue weighted by Crippen LogP contribution is -2.40. The summed E-state index contributed by atoms with van der Waals surface area (Å²) in [7, 11) is -4.22. The van der Waals surface area contributed by atoms with Crippen LogP contribution in [0.1, 0.15) is 42.3 Å². The molecule has 1 atom stereocenters. The number of aryl methyl sites for hydroxylation is 3. The summed E-state index contributed by atoms with van der Waals surface area (Å²) in [6.07, 6.45) is 0. The molecule has 1 aliphatic heterocycles. The first-order chi connectivity index (χ1) is 18.1. The minimum Gasteiger partial charge on any atom is -0.384 e. The second-order valence-electron chi connectivity index (χ2n) is 9.79. The summed E-state index contributed by atoms with van der Waals surface area (Å²) in [6, 6.07) is 23.6. The van der Waals surface area contributed by atoms with E-state index in [-0.39, 0.29) is 13.7 Å². The van der Waals surface area contributed by atoms with Gasteiger partial charge < -0.3 is 5.73 Å². The van der Waals surface area contributed by atoms with Crippen LogP contribution in [0.15, 0.2) is 83.9 Å². The van der Waals surface area contributed by atoms with Crippen molar-refractivity contribution in [2.24, 2.45) is 0 Å². The Bertz CT molecular complexity index is 1620. The molecule has 7 nitrogen and oxygen atoms in total. The number of hydrogen-bond donors (Lipinski definition) is 2. The summed E-state index contributed by atoms with van der Waals surface area (Å²) in [4.78, 5) is 19.7. The van der Waals surface area contributed by atoms with Crippen LogP contribution in [0.25, 0.3) is 11.1 Å². The molecular weight excluding hydrogens is 496 g/mol. The molecule has 0 saturated carbocycles. The summed E-state index contributed by atoms with van der Waals surface area (Å²) in [5.41, 5.74) is 14.2. The number of carbonyl (C=O) groups excluding carboxylic acids is 1. The number of anilines is 1. The van der Waals surface area contributed by atoms with Crippen molar-refractivity contribution in [2.75, 3.05) is 5.73 Å². The van der Waals surface area contributed by atoms with E-state index in [2.05, 4.69) is 42.6 Å². The number of nitrogens with one attached hydrogen (secondary N) is 1. The number of aromatic nitrogens is 1. The molecule has 1 aromatic heterocycles. The van der Waals surface area contributed by atoms with Crippen LogP contribution in [0.2, 0.25) is 0 Å². The lowest BCUT2D eigenvalue weighted by molar-refractivity contribution is -0.124. The Morgan fingerprint density at radius 3 is 2.37 bits per heavy atom. The summed E-state index contributed by atoms with van der Waals surface area (Å²) >= 11 is 0. The number of nitrogen functional groups attached to an aromatic ring is 1. The molecule has 5 rings (SSSR count). The van der Waals surface area contributed by atoms with Crippen molar-refractivity contribution >= 4 is 21.7 Å². The number of nitrogens with zero attached hydrogens (tertiary/aromatic N) is 2. The molecule has 3 N–H and O–H groups in total. The fourth-order valence-electron chi connectivity index (χ4n) is 5.35. The zero-order chi connectivity index (χ0) is 27.0. The van der Waals surface area contributed by atoms with E-state index < -0.39 is 22.0 Å². The number of sulfonamides is 1. The van der Waals surface area contributed by atoms with E-state index >= 15 is 0 Å². The predicted octanol–water partition coefficient (Wildman–Crippen LogP) is 5.31. The van der Waals surface area contributed by atoms with Crippen LogP contribution in [0.3, 0.4) is 0 Å². The van der Waals surface area contributed by atoms with Crippen molar-refractivity contribution in [3.8, 4) is 11.1 Å². The first-order valence-corrected chi connectivity index (χ1v) is 13.9. The maximum absolute atomic E-state index is 13.8. The number of carbonyl (C=O) groups is 1. The second kappa shape index (κ2) is 10.0. The van der Waals surface area contributed by atoms with Gasteiger partial charge >= 0.3 is 0 Å². The number of amides is 1. The molecule has 8 heteroatoms. The van der Waals surface area contributed by atoms with Gasteiger partial charge in [-0.2, -0.15) is 8.42 Å². The van der Waals surface area contributed by atoms with Crippen LogP contribution < -0.4 is 10.5 Å². The van der Waals surface area contributed by atoms with Crippen molar-refractivity contribution in [3.05, 3.63) is 112 Å². The third-order valence-electron chi connectivity index (χ3n) is 7.02. The van der Waals surface area contributed by atoms with Crippen LogP contribution in [-0.4, -0.2) is 24.2 Å². The van der Waals surface area contributed by atoms with Crippen LogP contribution in [0.4, 0.5) is 5.82 Å². The van der Waals surface area contributed by atoms with Gasteiger partial charge in [0.05, 0.1) is 0 Å². The van der Waals surface area contributed by atoms with Gasteiger partial charge in [-0.25, -0.2) is 9.71 Å². The molecule has 1 amide bonds. The molecule has 0 aliphatic carbocycles. The van der Waals surface area contributed by atoms with Crippen LogP contribution in [0, 0.1) is 20.8 Å². The number of benzene rings is 3. The largest absolute Gasteiger partial charge is 0.384 e. The second-order valence-corrected chi connectivity index (χ2v) is 11.4. The highest BCUT2D eigenvalue weighted by atomic mass is 32.2. The van der Waals surface area contributed by atoms with Gasteiger partial charge in [-0.3, -0.25) is 9.69 Å². The molecule has 0 bridgehead atoms. The van der Waals surface area contributed by atoms with Crippen molar-refractivity contribution in [1.29, 1.82) is 0 Å². The van der Waals surface area contributed by atoms with Gasteiger partial charge in [0.1, 0.15) is 11.9 Å². The van der Waals surface area contributed by atoms with E-state index in [1.54, 1.807) is 0 Å². The normalized spacial score (nSPS) is 15.3. The lowest BCUT2D eigenvalue weighted by atomic mass is 9.95. The SMILES string of the molecule is Cc1cc(C)c(CN2Cc3c(-c4ccccc4)cccc3C2C(=O)NS(=O)(=O)c2cccc(N)n2)c(C)c1.[HH].[HH]. The highest BCUT2D eigenvalue weighted by Gasteiger charge is 2.39. The molecule has 1 unspecified atom stereocenters. The summed E-state index contributed by atoms with van der Waals surface area (Å²) in [5, 5.41) is -0.293. The molecule has 0 fully saturated rings.